The van der Waals surface area contributed by atoms with Gasteiger partial charge in [0, 0.05) is 13.6 Å². The van der Waals surface area contributed by atoms with Crippen molar-refractivity contribution in [1.29, 1.82) is 0 Å². The highest BCUT2D eigenvalue weighted by atomic mass is 35.5. The highest BCUT2D eigenvalue weighted by molar-refractivity contribution is 8.01. The molecule has 1 unspecified atom stereocenters. The number of benzene rings is 2. The van der Waals surface area contributed by atoms with Gasteiger partial charge in [-0.2, -0.15) is 5.10 Å². The van der Waals surface area contributed by atoms with Crippen LogP contribution in [0.4, 0.5) is 0 Å². The third-order valence-electron chi connectivity index (χ3n) is 7.85. The van der Waals surface area contributed by atoms with Crippen molar-refractivity contribution in [3.63, 3.8) is 0 Å². The van der Waals surface area contributed by atoms with Crippen molar-refractivity contribution in [2.24, 2.45) is 7.05 Å². The van der Waals surface area contributed by atoms with Crippen LogP contribution < -0.4 is 5.32 Å². The number of hydrogen-bond acceptors (Lipinski definition) is 6. The number of fused-ring (bicyclic) bond motifs is 1. The van der Waals surface area contributed by atoms with Gasteiger partial charge in [0.1, 0.15) is 16.1 Å². The van der Waals surface area contributed by atoms with Gasteiger partial charge in [-0.25, -0.2) is 0 Å². The Balaban J connectivity index is 1.35. The molecule has 0 aliphatic carbocycles. The number of β-lactam (4-membered cyclic amide) rings is 1. The number of aryl methyl sites for hydroxylation is 3. The van der Waals surface area contributed by atoms with Crippen LogP contribution in [0.15, 0.2) is 54.6 Å². The number of aromatic nitrogens is 2. The first-order valence-corrected chi connectivity index (χ1v) is 14.4. The van der Waals surface area contributed by atoms with Crippen molar-refractivity contribution in [3.8, 4) is 0 Å². The molecule has 2 aromatic carbocycles. The predicted molar refractivity (Wildman–Crippen MR) is 154 cm³/mol. The van der Waals surface area contributed by atoms with E-state index in [0.717, 1.165) is 16.7 Å². The topological polar surface area (TPSA) is 108 Å². The van der Waals surface area contributed by atoms with E-state index >= 15 is 0 Å². The Bertz CT molecular complexity index is 1460. The van der Waals surface area contributed by atoms with Gasteiger partial charge in [0.15, 0.2) is 6.10 Å². The highest BCUT2D eigenvalue weighted by Gasteiger charge is 2.65. The van der Waals surface area contributed by atoms with Crippen molar-refractivity contribution in [3.05, 3.63) is 87.7 Å². The number of carbonyl (C=O) groups is 3. The summed E-state index contributed by atoms with van der Waals surface area (Å²) in [5, 5.41) is 18.6. The van der Waals surface area contributed by atoms with Crippen LogP contribution in [0.3, 0.4) is 0 Å². The van der Waals surface area contributed by atoms with E-state index in [1.807, 2.05) is 68.4 Å². The molecule has 3 aromatic rings. The first-order chi connectivity index (χ1) is 19.0. The van der Waals surface area contributed by atoms with E-state index < -0.39 is 34.9 Å². The second-order valence-electron chi connectivity index (χ2n) is 10.5. The molecule has 1 aromatic heterocycles. The standard InChI is InChI=1S/C29H32ClN5O4S/c1-17-10-8-9-13-20(17)15-35-28(39)24-29(35,3)40-16-34(24)27(38)23(36)21(14-19-11-6-5-7-12-19)31-26(37)22-18(2)32-33(4)25(22)30/h5-13,21,23-24,36H,14-16H2,1-4H3,(H,31,37)/t21-,23-,24?,29-/m0/s1. The lowest BCUT2D eigenvalue weighted by atomic mass is 9.91. The fourth-order valence-electron chi connectivity index (χ4n) is 5.49. The minimum atomic E-state index is -1.58. The second kappa shape index (κ2) is 10.9. The van der Waals surface area contributed by atoms with Crippen molar-refractivity contribution >= 4 is 41.1 Å². The molecule has 9 nitrogen and oxygen atoms in total. The molecule has 3 amide bonds. The van der Waals surface area contributed by atoms with E-state index in [2.05, 4.69) is 10.4 Å². The molecule has 4 atom stereocenters. The van der Waals surface area contributed by atoms with Gasteiger partial charge in [-0.3, -0.25) is 19.1 Å². The summed E-state index contributed by atoms with van der Waals surface area (Å²) in [6.07, 6.45) is -1.38. The molecular weight excluding hydrogens is 550 g/mol. The number of aliphatic hydroxyl groups excluding tert-OH is 1. The lowest BCUT2D eigenvalue weighted by molar-refractivity contribution is -0.168. The summed E-state index contributed by atoms with van der Waals surface area (Å²) in [5.74, 6) is -1.03. The average molecular weight is 582 g/mol. The lowest BCUT2D eigenvalue weighted by Crippen LogP contribution is -2.73. The molecule has 5 rings (SSSR count). The zero-order valence-electron chi connectivity index (χ0n) is 22.8. The van der Waals surface area contributed by atoms with E-state index in [4.69, 9.17) is 11.6 Å². The van der Waals surface area contributed by atoms with Crippen molar-refractivity contribution in [2.75, 3.05) is 5.88 Å². The van der Waals surface area contributed by atoms with E-state index in [1.165, 1.54) is 21.3 Å². The van der Waals surface area contributed by atoms with Gasteiger partial charge in [0.05, 0.1) is 23.2 Å². The molecule has 210 valence electrons. The Morgan fingerprint density at radius 3 is 2.50 bits per heavy atom. The van der Waals surface area contributed by atoms with Gasteiger partial charge in [0.25, 0.3) is 11.8 Å². The van der Waals surface area contributed by atoms with Crippen LogP contribution in [0.1, 0.15) is 39.7 Å². The summed E-state index contributed by atoms with van der Waals surface area (Å²) in [6, 6.07) is 15.5. The number of hydrogen-bond donors (Lipinski definition) is 2. The number of rotatable bonds is 8. The minimum absolute atomic E-state index is 0.155. The van der Waals surface area contributed by atoms with Crippen LogP contribution in [-0.2, 0) is 29.6 Å². The number of thioether (sulfide) groups is 1. The lowest BCUT2D eigenvalue weighted by Gasteiger charge is -2.53. The van der Waals surface area contributed by atoms with Gasteiger partial charge in [-0.1, -0.05) is 66.2 Å². The first kappa shape index (κ1) is 28.2. The van der Waals surface area contributed by atoms with Gasteiger partial charge < -0.3 is 20.2 Å². The van der Waals surface area contributed by atoms with Crippen LogP contribution >= 0.6 is 23.4 Å². The molecule has 2 N–H and O–H groups in total. The normalized spacial score (nSPS) is 21.6. The summed E-state index contributed by atoms with van der Waals surface area (Å²) in [7, 11) is 1.63. The number of amides is 3. The van der Waals surface area contributed by atoms with Gasteiger partial charge in [-0.05, 0) is 43.9 Å². The molecule has 3 heterocycles. The third kappa shape index (κ3) is 4.88. The summed E-state index contributed by atoms with van der Waals surface area (Å²) < 4.78 is 1.40. The molecular formula is C29H32ClN5O4S. The van der Waals surface area contributed by atoms with Crippen LogP contribution in [0.25, 0.3) is 0 Å². The van der Waals surface area contributed by atoms with E-state index in [1.54, 1.807) is 18.9 Å². The van der Waals surface area contributed by atoms with Gasteiger partial charge >= 0.3 is 0 Å². The Morgan fingerprint density at radius 2 is 1.85 bits per heavy atom. The number of aliphatic hydroxyl groups is 1. The maximum atomic E-state index is 13.7. The zero-order valence-corrected chi connectivity index (χ0v) is 24.4. The van der Waals surface area contributed by atoms with Crippen LogP contribution in [-0.4, -0.2) is 71.3 Å². The van der Waals surface area contributed by atoms with Crippen molar-refractivity contribution in [1.82, 2.24) is 24.9 Å². The van der Waals surface area contributed by atoms with Crippen LogP contribution in [0, 0.1) is 13.8 Å². The van der Waals surface area contributed by atoms with Crippen LogP contribution in [0.2, 0.25) is 5.15 Å². The Hall–Kier alpha value is -3.34. The molecule has 40 heavy (non-hydrogen) atoms. The second-order valence-corrected chi connectivity index (χ2v) is 12.2. The molecule has 0 bridgehead atoms. The Morgan fingerprint density at radius 1 is 1.18 bits per heavy atom. The zero-order chi connectivity index (χ0) is 28.8. The van der Waals surface area contributed by atoms with Gasteiger partial charge in [0.2, 0.25) is 5.91 Å². The quantitative estimate of drug-likeness (QED) is 0.396. The molecule has 0 spiro atoms. The summed E-state index contributed by atoms with van der Waals surface area (Å²) in [4.78, 5) is 43.0. The fourth-order valence-corrected chi connectivity index (χ4v) is 7.13. The molecule has 0 saturated carbocycles. The highest BCUT2D eigenvalue weighted by Crippen LogP contribution is 2.51. The van der Waals surface area contributed by atoms with Crippen molar-refractivity contribution in [2.45, 2.75) is 56.8 Å². The number of halogens is 1. The van der Waals surface area contributed by atoms with Gasteiger partial charge in [-0.15, -0.1) is 11.8 Å². The maximum Gasteiger partial charge on any atom is 0.256 e. The Kier molecular flexibility index (Phi) is 7.69. The predicted octanol–water partition coefficient (Wildman–Crippen LogP) is 3.05. The van der Waals surface area contributed by atoms with E-state index in [0.29, 0.717) is 12.2 Å². The summed E-state index contributed by atoms with van der Waals surface area (Å²) in [6.45, 7) is 6.09. The van der Waals surface area contributed by atoms with Crippen LogP contribution in [0.5, 0.6) is 0 Å². The number of nitrogens with one attached hydrogen (secondary N) is 1. The molecule has 2 aliphatic rings. The fraction of sp³-hybridized carbons (Fsp3) is 0.379. The number of carbonyl (C=O) groups excluding carboxylic acids is 3. The summed E-state index contributed by atoms with van der Waals surface area (Å²) in [5.41, 5.74) is 3.60. The largest absolute Gasteiger partial charge is 0.381 e. The third-order valence-corrected chi connectivity index (χ3v) is 9.72. The number of nitrogens with zero attached hydrogens (tertiary/aromatic N) is 4. The summed E-state index contributed by atoms with van der Waals surface area (Å²) >= 11 is 7.81. The number of likely N-dealkylation sites (tertiary alicyclic amines) is 1. The van der Waals surface area contributed by atoms with Crippen molar-refractivity contribution < 1.29 is 19.5 Å². The smallest absolute Gasteiger partial charge is 0.256 e. The first-order valence-electron chi connectivity index (χ1n) is 13.0. The SMILES string of the molecule is Cc1ccccc1CN1C(=O)C2N(C(=O)[C@@H](O)[C@H](Cc3ccccc3)NC(=O)c3c(C)nn(C)c3Cl)CS[C@@]21C. The molecule has 2 saturated heterocycles. The van der Waals surface area contributed by atoms with E-state index in [-0.39, 0.29) is 28.9 Å². The average Bonchev–Trinajstić information content (AvgIpc) is 3.39. The maximum absolute atomic E-state index is 13.7. The Labute approximate surface area is 242 Å². The monoisotopic (exact) mass is 581 g/mol. The minimum Gasteiger partial charge on any atom is -0.381 e. The molecule has 0 radical (unpaired) electrons. The molecule has 11 heteroatoms. The molecule has 2 fully saturated rings. The van der Waals surface area contributed by atoms with E-state index in [9.17, 15) is 19.5 Å². The molecule has 2 aliphatic heterocycles.